The number of hydrogen-bond acceptors (Lipinski definition) is 4. The molecule has 0 aliphatic rings. The number of benzene rings is 1. The van der Waals surface area contributed by atoms with E-state index in [1.807, 2.05) is 0 Å². The lowest BCUT2D eigenvalue weighted by Gasteiger charge is -2.08. The van der Waals surface area contributed by atoms with Crippen molar-refractivity contribution in [1.29, 1.82) is 0 Å². The predicted molar refractivity (Wildman–Crippen MR) is 58.4 cm³/mol. The third-order valence-electron chi connectivity index (χ3n) is 2.17. The molecule has 8 heteroatoms. The van der Waals surface area contributed by atoms with E-state index in [-0.39, 0.29) is 0 Å². The van der Waals surface area contributed by atoms with Crippen LogP contribution in [0.5, 0.6) is 0 Å². The molecule has 0 N–H and O–H groups in total. The second-order valence-corrected chi connectivity index (χ2v) is 3.86. The zero-order chi connectivity index (χ0) is 13.9. The number of methoxy groups -OCH3 is 1. The van der Waals surface area contributed by atoms with Gasteiger partial charge in [-0.15, -0.1) is 11.6 Å². The predicted octanol–water partition coefficient (Wildman–Crippen LogP) is 2.20. The van der Waals surface area contributed by atoms with E-state index in [2.05, 4.69) is 4.74 Å². The van der Waals surface area contributed by atoms with Gasteiger partial charge in [-0.1, -0.05) is 0 Å². The molecule has 1 unspecified atom stereocenters. The fourth-order valence-electron chi connectivity index (χ4n) is 1.35. The molecule has 0 radical (unpaired) electrons. The molecule has 5 nitrogen and oxygen atoms in total. The number of ether oxygens (including phenoxy) is 1. The number of nitrogens with zero attached hydrogens (tertiary/aromatic N) is 1. The highest BCUT2D eigenvalue weighted by atomic mass is 35.5. The van der Waals surface area contributed by atoms with Gasteiger partial charge in [0.15, 0.2) is 0 Å². The Morgan fingerprint density at radius 2 is 2.17 bits per heavy atom. The summed E-state index contributed by atoms with van der Waals surface area (Å²) in [5.41, 5.74) is -1.20. The van der Waals surface area contributed by atoms with Crippen LogP contribution in [0.25, 0.3) is 0 Å². The average Bonchev–Trinajstić information content (AvgIpc) is 2.30. The third-order valence-corrected chi connectivity index (χ3v) is 2.51. The summed E-state index contributed by atoms with van der Waals surface area (Å²) in [5.74, 6) is -3.06. The molecule has 0 saturated heterocycles. The highest BCUT2D eigenvalue weighted by Crippen LogP contribution is 2.26. The van der Waals surface area contributed by atoms with E-state index < -0.39 is 45.6 Å². The molecule has 0 aliphatic heterocycles. The van der Waals surface area contributed by atoms with E-state index in [1.165, 1.54) is 0 Å². The Morgan fingerprint density at radius 1 is 1.56 bits per heavy atom. The summed E-state index contributed by atoms with van der Waals surface area (Å²) in [6, 6.07) is 1.06. The van der Waals surface area contributed by atoms with Crippen molar-refractivity contribution in [3.05, 3.63) is 39.4 Å². The van der Waals surface area contributed by atoms with Crippen LogP contribution in [0, 0.1) is 21.7 Å². The van der Waals surface area contributed by atoms with Crippen molar-refractivity contribution < 1.29 is 23.2 Å². The van der Waals surface area contributed by atoms with Gasteiger partial charge in [-0.2, -0.15) is 0 Å². The molecule has 0 amide bonds. The molecule has 1 rings (SSSR count). The Bertz CT molecular complexity index is 495. The molecule has 1 aromatic carbocycles. The van der Waals surface area contributed by atoms with Crippen LogP contribution in [0.2, 0.25) is 0 Å². The summed E-state index contributed by atoms with van der Waals surface area (Å²) in [7, 11) is 1.08. The Hall–Kier alpha value is -1.76. The lowest BCUT2D eigenvalue weighted by Crippen LogP contribution is -2.20. The number of rotatable bonds is 4. The number of carbonyl (C=O) groups is 1. The Balaban J connectivity index is 3.15. The Labute approximate surface area is 105 Å². The molecule has 0 aliphatic carbocycles. The zero-order valence-corrected chi connectivity index (χ0v) is 9.91. The second-order valence-electron chi connectivity index (χ2n) is 3.34. The van der Waals surface area contributed by atoms with Gasteiger partial charge in [0.1, 0.15) is 17.0 Å². The highest BCUT2D eigenvalue weighted by molar-refractivity contribution is 6.30. The summed E-state index contributed by atoms with van der Waals surface area (Å²) in [4.78, 5) is 20.8. The van der Waals surface area contributed by atoms with Gasteiger partial charge < -0.3 is 4.74 Å². The van der Waals surface area contributed by atoms with Crippen molar-refractivity contribution in [3.8, 4) is 0 Å². The standard InChI is InChI=1S/C10H8ClF2NO4/c1-18-10(15)7(11)4-6-8(13)2-5(12)3-9(6)14(16)17/h2-3,7H,4H2,1H3. The summed E-state index contributed by atoms with van der Waals surface area (Å²) in [6.07, 6.45) is -0.462. The van der Waals surface area contributed by atoms with E-state index >= 15 is 0 Å². The first-order chi connectivity index (χ1) is 8.36. The van der Waals surface area contributed by atoms with Gasteiger partial charge in [0.2, 0.25) is 0 Å². The molecule has 98 valence electrons. The number of carbonyl (C=O) groups excluding carboxylic acids is 1. The van der Waals surface area contributed by atoms with Gasteiger partial charge in [-0.25, -0.2) is 8.78 Å². The van der Waals surface area contributed by atoms with Gasteiger partial charge in [0.05, 0.1) is 23.7 Å². The fraction of sp³-hybridized carbons (Fsp3) is 0.300. The van der Waals surface area contributed by atoms with Crippen LogP contribution in [-0.2, 0) is 16.0 Å². The maximum atomic E-state index is 13.4. The van der Waals surface area contributed by atoms with E-state index in [0.29, 0.717) is 12.1 Å². The number of alkyl halides is 1. The summed E-state index contributed by atoms with van der Waals surface area (Å²) < 4.78 is 30.6. The summed E-state index contributed by atoms with van der Waals surface area (Å²) >= 11 is 5.60. The highest BCUT2D eigenvalue weighted by Gasteiger charge is 2.26. The molecule has 0 aromatic heterocycles. The van der Waals surface area contributed by atoms with Crippen LogP contribution in [0.1, 0.15) is 5.56 Å². The lowest BCUT2D eigenvalue weighted by atomic mass is 10.1. The minimum atomic E-state index is -1.28. The molecule has 0 bridgehead atoms. The second kappa shape index (κ2) is 5.72. The van der Waals surface area contributed by atoms with Crippen LogP contribution in [0.15, 0.2) is 12.1 Å². The molecule has 1 atom stereocenters. The van der Waals surface area contributed by atoms with Crippen LogP contribution >= 0.6 is 11.6 Å². The molecule has 0 spiro atoms. The van der Waals surface area contributed by atoms with Crippen LogP contribution < -0.4 is 0 Å². The number of nitro groups is 1. The van der Waals surface area contributed by atoms with Crippen molar-refractivity contribution in [1.82, 2.24) is 0 Å². The summed E-state index contributed by atoms with van der Waals surface area (Å²) in [5, 5.41) is 9.38. The largest absolute Gasteiger partial charge is 0.468 e. The molecule has 18 heavy (non-hydrogen) atoms. The average molecular weight is 280 g/mol. The molecule has 0 fully saturated rings. The minimum absolute atomic E-state index is 0.438. The SMILES string of the molecule is COC(=O)C(Cl)Cc1c(F)cc(F)cc1[N+](=O)[O-]. The minimum Gasteiger partial charge on any atom is -0.468 e. The van der Waals surface area contributed by atoms with Crippen molar-refractivity contribution >= 4 is 23.3 Å². The van der Waals surface area contributed by atoms with Crippen molar-refractivity contribution in [2.75, 3.05) is 7.11 Å². The van der Waals surface area contributed by atoms with E-state index in [4.69, 9.17) is 11.6 Å². The first kappa shape index (κ1) is 14.3. The lowest BCUT2D eigenvalue weighted by molar-refractivity contribution is -0.385. The van der Waals surface area contributed by atoms with Gasteiger partial charge in [-0.05, 0) is 0 Å². The normalized spacial score (nSPS) is 12.0. The quantitative estimate of drug-likeness (QED) is 0.367. The number of halogens is 3. The molecule has 1 aromatic rings. The Morgan fingerprint density at radius 3 is 2.67 bits per heavy atom. The molecule has 0 heterocycles. The van der Waals surface area contributed by atoms with Crippen LogP contribution in [0.3, 0.4) is 0 Å². The smallest absolute Gasteiger partial charge is 0.324 e. The molecular formula is C10H8ClF2NO4. The first-order valence-corrected chi connectivity index (χ1v) is 5.14. The van der Waals surface area contributed by atoms with Crippen molar-refractivity contribution in [3.63, 3.8) is 0 Å². The monoisotopic (exact) mass is 279 g/mol. The van der Waals surface area contributed by atoms with E-state index in [1.54, 1.807) is 0 Å². The fourth-order valence-corrected chi connectivity index (χ4v) is 1.59. The molecular weight excluding hydrogens is 272 g/mol. The van der Waals surface area contributed by atoms with Crippen LogP contribution in [-0.4, -0.2) is 23.4 Å². The van der Waals surface area contributed by atoms with Gasteiger partial charge in [0.25, 0.3) is 5.69 Å². The summed E-state index contributed by atoms with van der Waals surface area (Å²) in [6.45, 7) is 0. The van der Waals surface area contributed by atoms with E-state index in [0.717, 1.165) is 7.11 Å². The number of nitro benzene ring substituents is 1. The number of hydrogen-bond donors (Lipinski definition) is 0. The Kier molecular flexibility index (Phi) is 4.55. The van der Waals surface area contributed by atoms with Crippen molar-refractivity contribution in [2.45, 2.75) is 11.8 Å². The maximum absolute atomic E-state index is 13.4. The molecule has 0 saturated carbocycles. The zero-order valence-electron chi connectivity index (χ0n) is 9.15. The first-order valence-electron chi connectivity index (χ1n) is 4.71. The maximum Gasteiger partial charge on any atom is 0.324 e. The van der Waals surface area contributed by atoms with Crippen molar-refractivity contribution in [2.24, 2.45) is 0 Å². The van der Waals surface area contributed by atoms with Crippen LogP contribution in [0.4, 0.5) is 14.5 Å². The van der Waals surface area contributed by atoms with Gasteiger partial charge in [0, 0.05) is 12.5 Å². The third kappa shape index (κ3) is 3.13. The van der Waals surface area contributed by atoms with Gasteiger partial charge in [-0.3, -0.25) is 14.9 Å². The van der Waals surface area contributed by atoms with Gasteiger partial charge >= 0.3 is 5.97 Å². The van der Waals surface area contributed by atoms with E-state index in [9.17, 15) is 23.7 Å². The topological polar surface area (TPSA) is 69.4 Å². The number of esters is 1.